The van der Waals surface area contributed by atoms with Crippen molar-refractivity contribution in [2.75, 3.05) is 11.4 Å². The van der Waals surface area contributed by atoms with E-state index in [1.54, 1.807) is 4.90 Å². The van der Waals surface area contributed by atoms with E-state index in [0.29, 0.717) is 0 Å². The lowest BCUT2D eigenvalue weighted by atomic mass is 9.66. The molecule has 2 aliphatic rings. The summed E-state index contributed by atoms with van der Waals surface area (Å²) in [4.78, 5) is 39.6. The highest BCUT2D eigenvalue weighted by molar-refractivity contribution is 6.06. The second-order valence-corrected chi connectivity index (χ2v) is 9.05. The third kappa shape index (κ3) is 3.77. The second-order valence-electron chi connectivity index (χ2n) is 9.05. The average molecular weight is 386 g/mol. The van der Waals surface area contributed by atoms with E-state index in [1.165, 1.54) is 6.92 Å². The maximum Gasteiger partial charge on any atom is 0.247 e. The minimum atomic E-state index is -0.592. The van der Waals surface area contributed by atoms with E-state index in [1.807, 2.05) is 39.0 Å². The van der Waals surface area contributed by atoms with Crippen molar-refractivity contribution >= 4 is 23.4 Å². The second kappa shape index (κ2) is 7.57. The van der Waals surface area contributed by atoms with Gasteiger partial charge in [-0.1, -0.05) is 37.5 Å². The first-order valence-electron chi connectivity index (χ1n) is 10.1. The van der Waals surface area contributed by atoms with Gasteiger partial charge < -0.3 is 10.6 Å². The number of nitrogens with zero attached hydrogens (tertiary/aromatic N) is 1. The fourth-order valence-electron chi connectivity index (χ4n) is 4.73. The number of fused-ring (bicyclic) bond motifs is 2. The Kier molecular flexibility index (Phi) is 5.50. The van der Waals surface area contributed by atoms with Gasteiger partial charge in [-0.2, -0.15) is 0 Å². The van der Waals surface area contributed by atoms with Crippen molar-refractivity contribution < 1.29 is 14.4 Å². The van der Waals surface area contributed by atoms with Crippen LogP contribution in [0.3, 0.4) is 0 Å². The number of benzene rings is 1. The predicted molar refractivity (Wildman–Crippen MR) is 109 cm³/mol. The summed E-state index contributed by atoms with van der Waals surface area (Å²) >= 11 is 0. The van der Waals surface area contributed by atoms with Crippen molar-refractivity contribution in [1.82, 2.24) is 10.6 Å². The minimum Gasteiger partial charge on any atom is -0.350 e. The van der Waals surface area contributed by atoms with Crippen molar-refractivity contribution in [3.63, 3.8) is 0 Å². The number of carbonyl (C=O) groups excluding carboxylic acids is 3. The van der Waals surface area contributed by atoms with Gasteiger partial charge >= 0.3 is 0 Å². The molecule has 0 bridgehead atoms. The number of amides is 3. The standard InChI is InChI=1S/C22H31N3O3/c1-15(26)23-14-18(27)25-17-11-7-6-10-16(17)22(12-8-5-9-13-22)19(25)20(28)24-21(2,3)4/h6-7,10-11,19H,5,8-9,12-14H2,1-4H3,(H,23,26)(H,24,28). The van der Waals surface area contributed by atoms with Crippen LogP contribution in [0.2, 0.25) is 0 Å². The van der Waals surface area contributed by atoms with Gasteiger partial charge in [0.1, 0.15) is 6.04 Å². The first-order chi connectivity index (χ1) is 13.2. The quantitative estimate of drug-likeness (QED) is 0.840. The molecule has 1 aromatic carbocycles. The zero-order valence-corrected chi connectivity index (χ0v) is 17.3. The number of anilines is 1. The van der Waals surface area contributed by atoms with E-state index in [-0.39, 0.29) is 29.7 Å². The van der Waals surface area contributed by atoms with E-state index in [0.717, 1.165) is 43.4 Å². The van der Waals surface area contributed by atoms with Gasteiger partial charge in [-0.05, 0) is 45.2 Å². The van der Waals surface area contributed by atoms with Crippen LogP contribution in [0.15, 0.2) is 24.3 Å². The number of hydrogen-bond donors (Lipinski definition) is 2. The molecule has 2 N–H and O–H groups in total. The van der Waals surface area contributed by atoms with Crippen LogP contribution in [-0.2, 0) is 19.8 Å². The lowest BCUT2D eigenvalue weighted by molar-refractivity contribution is -0.129. The summed E-state index contributed by atoms with van der Waals surface area (Å²) in [6.45, 7) is 7.12. The molecule has 1 aliphatic carbocycles. The molecule has 1 unspecified atom stereocenters. The van der Waals surface area contributed by atoms with Crippen LogP contribution in [0.4, 0.5) is 5.69 Å². The Labute approximate surface area is 167 Å². The van der Waals surface area contributed by atoms with Crippen LogP contribution >= 0.6 is 0 Å². The summed E-state index contributed by atoms with van der Waals surface area (Å²) in [7, 11) is 0. The SMILES string of the molecule is CC(=O)NCC(=O)N1c2ccccc2C2(CCCCC2)C1C(=O)NC(C)(C)C. The fraction of sp³-hybridized carbons (Fsp3) is 0.591. The highest BCUT2D eigenvalue weighted by Gasteiger charge is 2.56. The van der Waals surface area contributed by atoms with Crippen molar-refractivity contribution in [3.05, 3.63) is 29.8 Å². The van der Waals surface area contributed by atoms with Crippen LogP contribution in [0.5, 0.6) is 0 Å². The molecule has 1 fully saturated rings. The summed E-state index contributed by atoms with van der Waals surface area (Å²) in [5.41, 5.74) is 1.12. The molecular weight excluding hydrogens is 354 g/mol. The Balaban J connectivity index is 2.07. The molecule has 0 aromatic heterocycles. The maximum absolute atomic E-state index is 13.5. The van der Waals surface area contributed by atoms with Gasteiger partial charge in [-0.15, -0.1) is 0 Å². The largest absolute Gasteiger partial charge is 0.350 e. The molecule has 1 aromatic rings. The van der Waals surface area contributed by atoms with Gasteiger partial charge in [0, 0.05) is 23.6 Å². The van der Waals surface area contributed by atoms with Gasteiger partial charge in [0.25, 0.3) is 0 Å². The van der Waals surface area contributed by atoms with Crippen LogP contribution in [0.1, 0.15) is 65.4 Å². The topological polar surface area (TPSA) is 78.5 Å². The Morgan fingerprint density at radius 2 is 1.75 bits per heavy atom. The lowest BCUT2D eigenvalue weighted by Crippen LogP contribution is -2.60. The highest BCUT2D eigenvalue weighted by Crippen LogP contribution is 2.53. The van der Waals surface area contributed by atoms with E-state index in [2.05, 4.69) is 16.7 Å². The van der Waals surface area contributed by atoms with Crippen LogP contribution in [0, 0.1) is 0 Å². The van der Waals surface area contributed by atoms with E-state index < -0.39 is 11.6 Å². The number of rotatable bonds is 3. The van der Waals surface area contributed by atoms with Gasteiger partial charge in [0.2, 0.25) is 17.7 Å². The van der Waals surface area contributed by atoms with Crippen LogP contribution in [-0.4, -0.2) is 35.8 Å². The zero-order chi connectivity index (χ0) is 20.5. The molecule has 3 rings (SSSR count). The molecule has 6 nitrogen and oxygen atoms in total. The highest BCUT2D eigenvalue weighted by atomic mass is 16.2. The van der Waals surface area contributed by atoms with Gasteiger partial charge in [-0.3, -0.25) is 19.3 Å². The van der Waals surface area contributed by atoms with Crippen molar-refractivity contribution in [2.45, 2.75) is 76.8 Å². The summed E-state index contributed by atoms with van der Waals surface area (Å²) in [5.74, 6) is -0.634. The van der Waals surface area contributed by atoms with Crippen LogP contribution in [0.25, 0.3) is 0 Å². The molecule has 0 radical (unpaired) electrons. The molecule has 3 amide bonds. The van der Waals surface area contributed by atoms with Crippen molar-refractivity contribution in [3.8, 4) is 0 Å². The Morgan fingerprint density at radius 3 is 2.36 bits per heavy atom. The summed E-state index contributed by atoms with van der Waals surface area (Å²) < 4.78 is 0. The number of nitrogens with one attached hydrogen (secondary N) is 2. The van der Waals surface area contributed by atoms with Crippen molar-refractivity contribution in [2.24, 2.45) is 0 Å². The normalized spacial score (nSPS) is 20.6. The molecule has 152 valence electrons. The fourth-order valence-corrected chi connectivity index (χ4v) is 4.73. The number of hydrogen-bond acceptors (Lipinski definition) is 3. The third-order valence-electron chi connectivity index (χ3n) is 5.73. The molecule has 1 spiro atoms. The molecule has 0 saturated heterocycles. The van der Waals surface area contributed by atoms with Crippen LogP contribution < -0.4 is 15.5 Å². The smallest absolute Gasteiger partial charge is 0.247 e. The van der Waals surface area contributed by atoms with E-state index in [9.17, 15) is 14.4 Å². The lowest BCUT2D eigenvalue weighted by Gasteiger charge is -2.41. The van der Waals surface area contributed by atoms with Crippen molar-refractivity contribution in [1.29, 1.82) is 0 Å². The molecular formula is C22H31N3O3. The Bertz CT molecular complexity index is 775. The number of para-hydroxylation sites is 1. The summed E-state index contributed by atoms with van der Waals surface area (Å²) in [6.07, 6.45) is 5.01. The average Bonchev–Trinajstić information content (AvgIpc) is 2.89. The molecule has 28 heavy (non-hydrogen) atoms. The molecule has 1 heterocycles. The molecule has 6 heteroatoms. The van der Waals surface area contributed by atoms with Gasteiger partial charge in [0.15, 0.2) is 0 Å². The molecule has 1 aliphatic heterocycles. The van der Waals surface area contributed by atoms with E-state index >= 15 is 0 Å². The molecule has 1 saturated carbocycles. The molecule has 1 atom stereocenters. The van der Waals surface area contributed by atoms with Gasteiger partial charge in [-0.25, -0.2) is 0 Å². The third-order valence-corrected chi connectivity index (χ3v) is 5.73. The first kappa shape index (κ1) is 20.4. The number of carbonyl (C=O) groups is 3. The Morgan fingerprint density at radius 1 is 1.11 bits per heavy atom. The summed E-state index contributed by atoms with van der Waals surface area (Å²) in [5, 5.41) is 5.69. The summed E-state index contributed by atoms with van der Waals surface area (Å²) in [6, 6.07) is 7.27. The Hall–Kier alpha value is -2.37. The van der Waals surface area contributed by atoms with Gasteiger partial charge in [0.05, 0.1) is 6.54 Å². The first-order valence-corrected chi connectivity index (χ1v) is 10.1. The minimum absolute atomic E-state index is 0.112. The monoisotopic (exact) mass is 385 g/mol. The predicted octanol–water partition coefficient (Wildman–Crippen LogP) is 2.65. The zero-order valence-electron chi connectivity index (χ0n) is 17.3. The van der Waals surface area contributed by atoms with E-state index in [4.69, 9.17) is 0 Å². The maximum atomic E-state index is 13.5.